The standard InChI is InChI=1S/C24H27N3O4/c1-4-31-17-8-5-7-16(13-17)22-19-20(18-12-14(2)11-15(3)23(18)29)25-26-21(19)24(30)27(22)9-6-10-28/h5,7-8,11-13,22,28-29H,4,6,9-10H2,1-3H3,(H,25,26). The number of phenolic OH excluding ortho intramolecular Hbond substituents is 1. The Morgan fingerprint density at radius 3 is 2.77 bits per heavy atom. The fraction of sp³-hybridized carbons (Fsp3) is 0.333. The number of aryl methyl sites for hydroxylation is 2. The number of aromatic nitrogens is 2. The van der Waals surface area contributed by atoms with Crippen molar-refractivity contribution < 1.29 is 19.7 Å². The summed E-state index contributed by atoms with van der Waals surface area (Å²) in [5.74, 6) is 0.711. The maximum atomic E-state index is 13.2. The molecular formula is C24H27N3O4. The van der Waals surface area contributed by atoms with E-state index in [1.165, 1.54) is 0 Å². The van der Waals surface area contributed by atoms with Crippen LogP contribution in [0.1, 0.15) is 52.1 Å². The first kappa shape index (κ1) is 20.9. The van der Waals surface area contributed by atoms with Crippen LogP contribution in [0, 0.1) is 13.8 Å². The van der Waals surface area contributed by atoms with Crippen molar-refractivity contribution in [2.75, 3.05) is 19.8 Å². The smallest absolute Gasteiger partial charge is 0.273 e. The summed E-state index contributed by atoms with van der Waals surface area (Å²) in [6.45, 7) is 6.67. The van der Waals surface area contributed by atoms with Gasteiger partial charge in [-0.1, -0.05) is 18.2 Å². The highest BCUT2D eigenvalue weighted by Crippen LogP contribution is 2.45. The van der Waals surface area contributed by atoms with Gasteiger partial charge in [-0.05, 0) is 62.1 Å². The van der Waals surface area contributed by atoms with Crippen molar-refractivity contribution in [3.63, 3.8) is 0 Å². The van der Waals surface area contributed by atoms with Gasteiger partial charge < -0.3 is 19.8 Å². The maximum Gasteiger partial charge on any atom is 0.273 e. The van der Waals surface area contributed by atoms with Crippen LogP contribution in [0.5, 0.6) is 11.5 Å². The second-order valence-corrected chi connectivity index (χ2v) is 7.82. The van der Waals surface area contributed by atoms with Crippen molar-refractivity contribution >= 4 is 5.91 Å². The summed E-state index contributed by atoms with van der Waals surface area (Å²) in [7, 11) is 0. The number of phenols is 1. The lowest BCUT2D eigenvalue weighted by Crippen LogP contribution is -2.31. The van der Waals surface area contributed by atoms with E-state index in [4.69, 9.17) is 4.74 Å². The molecule has 0 radical (unpaired) electrons. The van der Waals surface area contributed by atoms with Gasteiger partial charge in [-0.25, -0.2) is 0 Å². The summed E-state index contributed by atoms with van der Waals surface area (Å²) in [5.41, 5.74) is 4.95. The van der Waals surface area contributed by atoms with Crippen LogP contribution in [0.25, 0.3) is 11.3 Å². The van der Waals surface area contributed by atoms with Gasteiger partial charge in [0, 0.05) is 24.3 Å². The number of aliphatic hydroxyl groups is 1. The zero-order chi connectivity index (χ0) is 22.1. The fourth-order valence-corrected chi connectivity index (χ4v) is 4.30. The number of nitrogens with one attached hydrogen (secondary N) is 1. The predicted molar refractivity (Wildman–Crippen MR) is 117 cm³/mol. The minimum absolute atomic E-state index is 0.00755. The number of ether oxygens (including phenoxy) is 1. The Kier molecular flexibility index (Phi) is 5.69. The van der Waals surface area contributed by atoms with E-state index in [2.05, 4.69) is 10.2 Å². The number of aromatic amines is 1. The van der Waals surface area contributed by atoms with Crippen LogP contribution in [-0.2, 0) is 0 Å². The first-order valence-electron chi connectivity index (χ1n) is 10.5. The zero-order valence-electron chi connectivity index (χ0n) is 18.0. The van der Waals surface area contributed by atoms with E-state index in [1.54, 1.807) is 4.90 Å². The number of aliphatic hydroxyl groups excluding tert-OH is 1. The molecule has 1 aliphatic rings. The number of aromatic hydroxyl groups is 1. The molecule has 0 saturated heterocycles. The van der Waals surface area contributed by atoms with Gasteiger partial charge in [-0.15, -0.1) is 0 Å². The van der Waals surface area contributed by atoms with Gasteiger partial charge in [0.05, 0.1) is 12.6 Å². The Morgan fingerprint density at radius 2 is 2.03 bits per heavy atom. The molecule has 7 heteroatoms. The van der Waals surface area contributed by atoms with Gasteiger partial charge in [0.15, 0.2) is 0 Å². The lowest BCUT2D eigenvalue weighted by molar-refractivity contribution is 0.0732. The Morgan fingerprint density at radius 1 is 1.23 bits per heavy atom. The first-order chi connectivity index (χ1) is 15.0. The Hall–Kier alpha value is -3.32. The van der Waals surface area contributed by atoms with E-state index in [0.29, 0.717) is 36.5 Å². The van der Waals surface area contributed by atoms with E-state index < -0.39 is 6.04 Å². The van der Waals surface area contributed by atoms with Crippen molar-refractivity contribution in [3.8, 4) is 22.8 Å². The van der Waals surface area contributed by atoms with Gasteiger partial charge in [0.25, 0.3) is 5.91 Å². The first-order valence-corrected chi connectivity index (χ1v) is 10.5. The molecule has 3 N–H and O–H groups in total. The molecule has 3 aromatic rings. The maximum absolute atomic E-state index is 13.2. The van der Waals surface area contributed by atoms with Crippen molar-refractivity contribution in [3.05, 3.63) is 64.3 Å². The lowest BCUT2D eigenvalue weighted by atomic mass is 9.94. The molecule has 2 aromatic carbocycles. The van der Waals surface area contributed by atoms with Crippen LogP contribution in [0.3, 0.4) is 0 Å². The molecule has 0 fully saturated rings. The third-order valence-electron chi connectivity index (χ3n) is 5.61. The second kappa shape index (κ2) is 8.43. The number of carbonyl (C=O) groups excluding carboxylic acids is 1. The van der Waals surface area contributed by atoms with Gasteiger partial charge in [0.2, 0.25) is 0 Å². The Bertz CT molecular complexity index is 1120. The van der Waals surface area contributed by atoms with Crippen LogP contribution in [-0.4, -0.2) is 51.0 Å². The van der Waals surface area contributed by atoms with Crippen LogP contribution in [0.4, 0.5) is 0 Å². The van der Waals surface area contributed by atoms with Gasteiger partial charge in [0.1, 0.15) is 22.9 Å². The summed E-state index contributed by atoms with van der Waals surface area (Å²) >= 11 is 0. The van der Waals surface area contributed by atoms with Crippen LogP contribution >= 0.6 is 0 Å². The number of benzene rings is 2. The van der Waals surface area contributed by atoms with Gasteiger partial charge >= 0.3 is 0 Å². The molecule has 2 heterocycles. The largest absolute Gasteiger partial charge is 0.507 e. The van der Waals surface area contributed by atoms with Crippen molar-refractivity contribution in [2.24, 2.45) is 0 Å². The number of amides is 1. The summed E-state index contributed by atoms with van der Waals surface area (Å²) in [5, 5.41) is 27.5. The molecule has 1 amide bonds. The zero-order valence-corrected chi connectivity index (χ0v) is 18.0. The average Bonchev–Trinajstić information content (AvgIpc) is 3.28. The van der Waals surface area contributed by atoms with E-state index in [9.17, 15) is 15.0 Å². The highest BCUT2D eigenvalue weighted by Gasteiger charge is 2.42. The summed E-state index contributed by atoms with van der Waals surface area (Å²) < 4.78 is 5.68. The SMILES string of the molecule is CCOc1cccc(C2c3c(-c4cc(C)cc(C)c4O)n[nH]c3C(=O)N2CCCO)c1. The number of carbonyl (C=O) groups is 1. The van der Waals surface area contributed by atoms with Crippen molar-refractivity contribution in [1.29, 1.82) is 0 Å². The number of H-pyrrole nitrogens is 1. The normalized spacial score (nSPS) is 15.4. The molecule has 1 atom stereocenters. The quantitative estimate of drug-likeness (QED) is 0.540. The molecular weight excluding hydrogens is 394 g/mol. The Balaban J connectivity index is 1.90. The summed E-state index contributed by atoms with van der Waals surface area (Å²) in [6, 6.07) is 11.1. The van der Waals surface area contributed by atoms with Crippen molar-refractivity contribution in [2.45, 2.75) is 33.2 Å². The molecule has 1 aliphatic heterocycles. The molecule has 0 saturated carbocycles. The molecule has 0 spiro atoms. The molecule has 0 bridgehead atoms. The monoisotopic (exact) mass is 421 g/mol. The third-order valence-corrected chi connectivity index (χ3v) is 5.61. The minimum Gasteiger partial charge on any atom is -0.507 e. The van der Waals surface area contributed by atoms with E-state index in [1.807, 2.05) is 57.2 Å². The molecule has 0 aliphatic carbocycles. The molecule has 1 aromatic heterocycles. The van der Waals surface area contributed by atoms with Crippen molar-refractivity contribution in [1.82, 2.24) is 15.1 Å². The summed E-state index contributed by atoms with van der Waals surface area (Å²) in [6.07, 6.45) is 0.467. The number of rotatable bonds is 7. The number of nitrogens with zero attached hydrogens (tertiary/aromatic N) is 2. The third kappa shape index (κ3) is 3.65. The molecule has 162 valence electrons. The van der Waals surface area contributed by atoms with Gasteiger partial charge in [-0.3, -0.25) is 9.89 Å². The predicted octanol–water partition coefficient (Wildman–Crippen LogP) is 3.73. The topological polar surface area (TPSA) is 98.7 Å². The lowest BCUT2D eigenvalue weighted by Gasteiger charge is -2.26. The van der Waals surface area contributed by atoms with E-state index in [0.717, 1.165) is 28.0 Å². The fourth-order valence-electron chi connectivity index (χ4n) is 4.30. The van der Waals surface area contributed by atoms with Crippen LogP contribution in [0.15, 0.2) is 36.4 Å². The number of hydrogen-bond donors (Lipinski definition) is 3. The summed E-state index contributed by atoms with van der Waals surface area (Å²) in [4.78, 5) is 15.0. The molecule has 4 rings (SSSR count). The molecule has 7 nitrogen and oxygen atoms in total. The highest BCUT2D eigenvalue weighted by atomic mass is 16.5. The number of hydrogen-bond acceptors (Lipinski definition) is 5. The molecule has 31 heavy (non-hydrogen) atoms. The van der Waals surface area contributed by atoms with Gasteiger partial charge in [-0.2, -0.15) is 5.10 Å². The number of fused-ring (bicyclic) bond motifs is 1. The van der Waals surface area contributed by atoms with Crippen LogP contribution in [0.2, 0.25) is 0 Å². The minimum atomic E-state index is -0.400. The van der Waals surface area contributed by atoms with E-state index in [-0.39, 0.29) is 18.3 Å². The van der Waals surface area contributed by atoms with E-state index >= 15 is 0 Å². The Labute approximate surface area is 181 Å². The van der Waals surface area contributed by atoms with Crippen LogP contribution < -0.4 is 4.74 Å². The second-order valence-electron chi connectivity index (χ2n) is 7.82. The average molecular weight is 421 g/mol. The highest BCUT2D eigenvalue weighted by molar-refractivity contribution is 6.00. The molecule has 1 unspecified atom stereocenters.